The summed E-state index contributed by atoms with van der Waals surface area (Å²) in [4.78, 5) is 2.49. The Hall–Kier alpha value is -2.40. The van der Waals surface area contributed by atoms with Crippen LogP contribution >= 0.6 is 0 Å². The third-order valence-corrected chi connectivity index (χ3v) is 5.70. The smallest absolute Gasteiger partial charge is 0.165 e. The summed E-state index contributed by atoms with van der Waals surface area (Å²) in [6.45, 7) is 1.76. The molecule has 138 valence electrons. The highest BCUT2D eigenvalue weighted by molar-refractivity contribution is 5.52. The van der Waals surface area contributed by atoms with E-state index < -0.39 is 0 Å². The molecular weight excluding hydrogens is 330 g/mol. The van der Waals surface area contributed by atoms with E-state index in [1.807, 2.05) is 6.07 Å². The Bertz CT molecular complexity index is 833. The Labute approximate surface area is 154 Å². The maximum atomic E-state index is 10.2. The number of phenols is 1. The standard InChI is InChI=1S/C21H25NO4/c1-24-19-10-14-8-9-22-12-16-13(5-7-18(23)21(16)26-3)4-6-17(22)15(14)11-20(19)25-2/h5,7,10-11,17,23H,4,6,8-9,12H2,1-3H3/t17-/m0/s1. The lowest BCUT2D eigenvalue weighted by molar-refractivity contribution is 0.171. The van der Waals surface area contributed by atoms with Gasteiger partial charge < -0.3 is 19.3 Å². The molecular formula is C21H25NO4. The fraction of sp³-hybridized carbons (Fsp3) is 0.429. The summed E-state index contributed by atoms with van der Waals surface area (Å²) in [7, 11) is 4.99. The van der Waals surface area contributed by atoms with E-state index in [-0.39, 0.29) is 5.75 Å². The quantitative estimate of drug-likeness (QED) is 0.914. The molecule has 5 heteroatoms. The van der Waals surface area contributed by atoms with E-state index in [2.05, 4.69) is 17.0 Å². The zero-order valence-corrected chi connectivity index (χ0v) is 15.5. The van der Waals surface area contributed by atoms with E-state index in [0.717, 1.165) is 49.4 Å². The van der Waals surface area contributed by atoms with Crippen LogP contribution in [-0.4, -0.2) is 37.9 Å². The van der Waals surface area contributed by atoms with Crippen molar-refractivity contribution in [2.75, 3.05) is 27.9 Å². The van der Waals surface area contributed by atoms with E-state index in [1.54, 1.807) is 27.4 Å². The van der Waals surface area contributed by atoms with Crippen LogP contribution in [-0.2, 0) is 19.4 Å². The Balaban J connectivity index is 1.74. The SMILES string of the molecule is COc1cc2c(cc1OC)[C@@H]1CCc3ccc(O)c(OC)c3CN1CC2. The van der Waals surface area contributed by atoms with Crippen molar-refractivity contribution in [2.24, 2.45) is 0 Å². The second-order valence-electron chi connectivity index (χ2n) is 6.94. The minimum Gasteiger partial charge on any atom is -0.504 e. The van der Waals surface area contributed by atoms with Crippen molar-refractivity contribution in [3.05, 3.63) is 46.5 Å². The van der Waals surface area contributed by atoms with E-state index in [1.165, 1.54) is 16.7 Å². The van der Waals surface area contributed by atoms with Gasteiger partial charge in [-0.05, 0) is 54.2 Å². The summed E-state index contributed by atoms with van der Waals surface area (Å²) in [6.07, 6.45) is 2.97. The van der Waals surface area contributed by atoms with Crippen molar-refractivity contribution < 1.29 is 19.3 Å². The zero-order valence-electron chi connectivity index (χ0n) is 15.5. The van der Waals surface area contributed by atoms with Crippen LogP contribution in [0.1, 0.15) is 34.7 Å². The third-order valence-electron chi connectivity index (χ3n) is 5.70. The van der Waals surface area contributed by atoms with Gasteiger partial charge in [0.15, 0.2) is 23.0 Å². The number of fused-ring (bicyclic) bond motifs is 4. The molecule has 0 aliphatic carbocycles. The van der Waals surface area contributed by atoms with Crippen LogP contribution in [0, 0.1) is 0 Å². The van der Waals surface area contributed by atoms with Crippen LogP contribution in [0.5, 0.6) is 23.0 Å². The molecule has 0 aromatic heterocycles. The number of phenolic OH excluding ortho intramolecular Hbond substituents is 1. The highest BCUT2D eigenvalue weighted by atomic mass is 16.5. The highest BCUT2D eigenvalue weighted by Crippen LogP contribution is 2.44. The number of aryl methyl sites for hydroxylation is 1. The van der Waals surface area contributed by atoms with Gasteiger partial charge in [-0.15, -0.1) is 0 Å². The molecule has 0 bridgehead atoms. The average Bonchev–Trinajstić information content (AvgIpc) is 2.86. The largest absolute Gasteiger partial charge is 0.504 e. The van der Waals surface area contributed by atoms with Crippen molar-refractivity contribution in [1.29, 1.82) is 0 Å². The minimum atomic E-state index is 0.216. The summed E-state index contributed by atoms with van der Waals surface area (Å²) >= 11 is 0. The molecule has 26 heavy (non-hydrogen) atoms. The third kappa shape index (κ3) is 2.67. The van der Waals surface area contributed by atoms with Crippen LogP contribution in [0.4, 0.5) is 0 Å². The Morgan fingerprint density at radius 1 is 0.962 bits per heavy atom. The topological polar surface area (TPSA) is 51.2 Å². The fourth-order valence-electron chi connectivity index (χ4n) is 4.39. The first-order valence-corrected chi connectivity index (χ1v) is 9.02. The van der Waals surface area contributed by atoms with Gasteiger partial charge in [0, 0.05) is 24.7 Å². The van der Waals surface area contributed by atoms with E-state index in [9.17, 15) is 5.11 Å². The fourth-order valence-corrected chi connectivity index (χ4v) is 4.39. The van der Waals surface area contributed by atoms with Crippen molar-refractivity contribution in [1.82, 2.24) is 4.90 Å². The average molecular weight is 355 g/mol. The van der Waals surface area contributed by atoms with Gasteiger partial charge in [0.2, 0.25) is 0 Å². The van der Waals surface area contributed by atoms with E-state index in [4.69, 9.17) is 14.2 Å². The van der Waals surface area contributed by atoms with Crippen LogP contribution < -0.4 is 14.2 Å². The molecule has 2 aromatic carbocycles. The molecule has 5 nitrogen and oxygen atoms in total. The number of nitrogens with zero attached hydrogens (tertiary/aromatic N) is 1. The summed E-state index contributed by atoms with van der Waals surface area (Å²) in [5.74, 6) is 2.41. The molecule has 2 aromatic rings. The lowest BCUT2D eigenvalue weighted by Gasteiger charge is -2.36. The summed E-state index contributed by atoms with van der Waals surface area (Å²) < 4.78 is 16.5. The number of methoxy groups -OCH3 is 3. The normalized spacial score (nSPS) is 19.0. The molecule has 2 aliphatic heterocycles. The minimum absolute atomic E-state index is 0.216. The van der Waals surface area contributed by atoms with Crippen LogP contribution in [0.15, 0.2) is 24.3 Å². The molecule has 0 fully saturated rings. The number of ether oxygens (including phenoxy) is 3. The van der Waals surface area contributed by atoms with Gasteiger partial charge in [0.1, 0.15) is 0 Å². The van der Waals surface area contributed by atoms with Gasteiger partial charge in [-0.1, -0.05) is 6.07 Å². The van der Waals surface area contributed by atoms with Gasteiger partial charge in [-0.2, -0.15) is 0 Å². The lowest BCUT2D eigenvalue weighted by atomic mass is 9.89. The van der Waals surface area contributed by atoms with Crippen molar-refractivity contribution >= 4 is 0 Å². The summed E-state index contributed by atoms with van der Waals surface area (Å²) in [5.41, 5.74) is 5.03. The first-order valence-electron chi connectivity index (χ1n) is 9.02. The number of hydrogen-bond acceptors (Lipinski definition) is 5. The van der Waals surface area contributed by atoms with Gasteiger partial charge in [0.25, 0.3) is 0 Å². The molecule has 0 unspecified atom stereocenters. The maximum absolute atomic E-state index is 10.2. The van der Waals surface area contributed by atoms with Crippen LogP contribution in [0.3, 0.4) is 0 Å². The van der Waals surface area contributed by atoms with Crippen molar-refractivity contribution in [3.8, 4) is 23.0 Å². The van der Waals surface area contributed by atoms with Crippen LogP contribution in [0.2, 0.25) is 0 Å². The number of benzene rings is 2. The summed E-state index contributed by atoms with van der Waals surface area (Å²) in [5, 5.41) is 10.2. The molecule has 0 spiro atoms. The van der Waals surface area contributed by atoms with Gasteiger partial charge in [-0.3, -0.25) is 4.90 Å². The second kappa shape index (κ2) is 6.72. The zero-order chi connectivity index (χ0) is 18.3. The first kappa shape index (κ1) is 17.0. The van der Waals surface area contributed by atoms with Gasteiger partial charge >= 0.3 is 0 Å². The van der Waals surface area contributed by atoms with Gasteiger partial charge in [-0.25, -0.2) is 0 Å². The molecule has 0 saturated heterocycles. The van der Waals surface area contributed by atoms with E-state index in [0.29, 0.717) is 11.8 Å². The molecule has 0 amide bonds. The summed E-state index contributed by atoms with van der Waals surface area (Å²) in [6, 6.07) is 8.36. The molecule has 2 heterocycles. The molecule has 1 atom stereocenters. The Morgan fingerprint density at radius 2 is 1.73 bits per heavy atom. The first-order chi connectivity index (χ1) is 12.7. The van der Waals surface area contributed by atoms with Crippen molar-refractivity contribution in [2.45, 2.75) is 31.8 Å². The monoisotopic (exact) mass is 355 g/mol. The molecule has 4 rings (SSSR count). The molecule has 2 aliphatic rings. The number of aromatic hydroxyl groups is 1. The van der Waals surface area contributed by atoms with Gasteiger partial charge in [0.05, 0.1) is 21.3 Å². The predicted molar refractivity (Wildman–Crippen MR) is 99.4 cm³/mol. The Morgan fingerprint density at radius 3 is 2.46 bits per heavy atom. The highest BCUT2D eigenvalue weighted by Gasteiger charge is 2.32. The number of hydrogen-bond donors (Lipinski definition) is 1. The maximum Gasteiger partial charge on any atom is 0.165 e. The lowest BCUT2D eigenvalue weighted by Crippen LogP contribution is -2.34. The predicted octanol–water partition coefficient (Wildman–Crippen LogP) is 3.46. The second-order valence-corrected chi connectivity index (χ2v) is 6.94. The van der Waals surface area contributed by atoms with Crippen LogP contribution in [0.25, 0.3) is 0 Å². The Kier molecular flexibility index (Phi) is 4.41. The molecule has 1 N–H and O–H groups in total. The van der Waals surface area contributed by atoms with E-state index >= 15 is 0 Å². The number of rotatable bonds is 3. The molecule has 0 radical (unpaired) electrons. The molecule has 0 saturated carbocycles. The van der Waals surface area contributed by atoms with Crippen molar-refractivity contribution in [3.63, 3.8) is 0 Å².